The number of aromatic nitrogens is 4. The molecule has 5 atom stereocenters. The van der Waals surface area contributed by atoms with Crippen LogP contribution in [-0.4, -0.2) is 62.9 Å². The zero-order valence-electron chi connectivity index (χ0n) is 22.9. The Kier molecular flexibility index (Phi) is 7.33. The Morgan fingerprint density at radius 3 is 2.26 bits per heavy atom. The first-order chi connectivity index (χ1) is 21.2. The van der Waals surface area contributed by atoms with E-state index in [4.69, 9.17) is 18.9 Å². The molecule has 0 spiro atoms. The molecule has 2 fully saturated rings. The highest BCUT2D eigenvalue weighted by Crippen LogP contribution is 2.38. The van der Waals surface area contributed by atoms with E-state index in [1.54, 1.807) is 59.4 Å². The standard InChI is InChI=1S/C32H27N5O6/c38-30(20-10-4-1-5-11-20)36-28-25-29(34-18-33-28)37(19-35-25)23-16-40-24-17-41-32(22-14-8-3-9-15-22)43-27(24)26(23)42-31(39)21-12-6-2-7-13-21/h1-15,18-19,23-24,26-27,32H,16-17H2,(H,33,34,36,38). The van der Waals surface area contributed by atoms with E-state index in [0.29, 0.717) is 22.3 Å². The summed E-state index contributed by atoms with van der Waals surface area (Å²) >= 11 is 0. The Morgan fingerprint density at radius 1 is 0.814 bits per heavy atom. The molecule has 11 nitrogen and oxygen atoms in total. The molecule has 0 radical (unpaired) electrons. The molecule has 3 aromatic carbocycles. The molecule has 0 bridgehead atoms. The van der Waals surface area contributed by atoms with Gasteiger partial charge in [0.1, 0.15) is 18.5 Å². The lowest BCUT2D eigenvalue weighted by Crippen LogP contribution is -2.57. The van der Waals surface area contributed by atoms with Crippen molar-refractivity contribution in [2.45, 2.75) is 30.6 Å². The third-order valence-corrected chi connectivity index (χ3v) is 7.55. The average molecular weight is 578 g/mol. The summed E-state index contributed by atoms with van der Waals surface area (Å²) in [6, 6.07) is 26.7. The van der Waals surface area contributed by atoms with E-state index >= 15 is 0 Å². The number of benzene rings is 3. The Labute approximate surface area is 246 Å². The van der Waals surface area contributed by atoms with E-state index in [2.05, 4.69) is 20.3 Å². The zero-order chi connectivity index (χ0) is 29.2. The van der Waals surface area contributed by atoms with Crippen molar-refractivity contribution in [2.24, 2.45) is 0 Å². The summed E-state index contributed by atoms with van der Waals surface area (Å²) in [5, 5.41) is 2.83. The lowest BCUT2D eigenvalue weighted by atomic mass is 9.96. The predicted octanol–water partition coefficient (Wildman–Crippen LogP) is 4.36. The van der Waals surface area contributed by atoms with Gasteiger partial charge in [-0.2, -0.15) is 0 Å². The predicted molar refractivity (Wildman–Crippen MR) is 154 cm³/mol. The van der Waals surface area contributed by atoms with Crippen LogP contribution in [0.5, 0.6) is 0 Å². The summed E-state index contributed by atoms with van der Waals surface area (Å²) in [7, 11) is 0. The van der Waals surface area contributed by atoms with Crippen molar-refractivity contribution in [1.29, 1.82) is 0 Å². The van der Waals surface area contributed by atoms with Crippen LogP contribution in [0.25, 0.3) is 11.2 Å². The van der Waals surface area contributed by atoms with Crippen molar-refractivity contribution in [2.75, 3.05) is 18.5 Å². The van der Waals surface area contributed by atoms with Gasteiger partial charge in [-0.1, -0.05) is 66.7 Å². The first kappa shape index (κ1) is 26.9. The van der Waals surface area contributed by atoms with Gasteiger partial charge in [0.2, 0.25) is 0 Å². The topological polar surface area (TPSA) is 127 Å². The zero-order valence-corrected chi connectivity index (χ0v) is 22.9. The second-order valence-corrected chi connectivity index (χ2v) is 10.2. The van der Waals surface area contributed by atoms with Gasteiger partial charge in [0, 0.05) is 11.1 Å². The van der Waals surface area contributed by atoms with Crippen LogP contribution in [0.2, 0.25) is 0 Å². The van der Waals surface area contributed by atoms with E-state index < -0.39 is 36.6 Å². The summed E-state index contributed by atoms with van der Waals surface area (Å²) in [6.07, 6.45) is 0.385. The van der Waals surface area contributed by atoms with E-state index in [1.807, 2.05) is 42.5 Å². The summed E-state index contributed by atoms with van der Waals surface area (Å²) in [6.45, 7) is 0.441. The number of amides is 1. The first-order valence-corrected chi connectivity index (χ1v) is 13.9. The second kappa shape index (κ2) is 11.7. The van der Waals surface area contributed by atoms with Gasteiger partial charge in [-0.15, -0.1) is 0 Å². The van der Waals surface area contributed by atoms with E-state index in [0.717, 1.165) is 5.56 Å². The van der Waals surface area contributed by atoms with E-state index in [1.165, 1.54) is 6.33 Å². The van der Waals surface area contributed by atoms with Crippen LogP contribution in [-0.2, 0) is 18.9 Å². The molecule has 216 valence electrons. The minimum atomic E-state index is -0.781. The molecule has 11 heteroatoms. The van der Waals surface area contributed by atoms with Gasteiger partial charge in [-0.05, 0) is 24.3 Å². The van der Waals surface area contributed by atoms with Crippen molar-refractivity contribution in [1.82, 2.24) is 19.5 Å². The van der Waals surface area contributed by atoms with Gasteiger partial charge in [0.15, 0.2) is 29.4 Å². The number of fused-ring (bicyclic) bond motifs is 2. The summed E-state index contributed by atoms with van der Waals surface area (Å²) in [5.74, 6) is -0.551. The Hall–Kier alpha value is -4.97. The minimum Gasteiger partial charge on any atom is -0.454 e. The van der Waals surface area contributed by atoms with E-state index in [-0.39, 0.29) is 24.9 Å². The molecule has 2 aliphatic heterocycles. The van der Waals surface area contributed by atoms with Crippen LogP contribution in [0.4, 0.5) is 5.82 Å². The number of nitrogens with one attached hydrogen (secondary N) is 1. The van der Waals surface area contributed by atoms with Crippen LogP contribution < -0.4 is 5.32 Å². The monoisotopic (exact) mass is 577 g/mol. The number of hydrogen-bond acceptors (Lipinski definition) is 9. The highest BCUT2D eigenvalue weighted by molar-refractivity contribution is 6.06. The fraction of sp³-hybridized carbons (Fsp3) is 0.219. The maximum atomic E-state index is 13.4. The molecule has 4 heterocycles. The number of carbonyl (C=O) groups is 2. The summed E-state index contributed by atoms with van der Waals surface area (Å²) in [5.41, 5.74) is 2.57. The molecular formula is C32H27N5O6. The number of carbonyl (C=O) groups excluding carboxylic acids is 2. The summed E-state index contributed by atoms with van der Waals surface area (Å²) < 4.78 is 26.6. The number of rotatable bonds is 6. The SMILES string of the molecule is O=C(Nc1ncnc2c1ncn2C1COC2COC(c3ccccc3)OC2C1OC(=O)c1ccccc1)c1ccccc1. The number of esters is 1. The van der Waals surface area contributed by atoms with E-state index in [9.17, 15) is 9.59 Å². The molecule has 2 aromatic heterocycles. The van der Waals surface area contributed by atoms with Crippen molar-refractivity contribution < 1.29 is 28.5 Å². The maximum Gasteiger partial charge on any atom is 0.338 e. The summed E-state index contributed by atoms with van der Waals surface area (Å²) in [4.78, 5) is 39.5. The van der Waals surface area contributed by atoms with Gasteiger partial charge in [0.25, 0.3) is 5.91 Å². The molecule has 2 aliphatic rings. The van der Waals surface area contributed by atoms with Gasteiger partial charge in [-0.3, -0.25) is 4.79 Å². The fourth-order valence-electron chi connectivity index (χ4n) is 5.40. The quantitative estimate of drug-likeness (QED) is 0.293. The molecule has 0 saturated carbocycles. The highest BCUT2D eigenvalue weighted by Gasteiger charge is 2.49. The van der Waals surface area contributed by atoms with Crippen molar-refractivity contribution in [3.63, 3.8) is 0 Å². The second-order valence-electron chi connectivity index (χ2n) is 10.2. The number of nitrogens with zero attached hydrogens (tertiary/aromatic N) is 4. The normalized spacial score (nSPS) is 23.3. The van der Waals surface area contributed by atoms with Crippen molar-refractivity contribution in [3.8, 4) is 0 Å². The maximum absolute atomic E-state index is 13.4. The lowest BCUT2D eigenvalue weighted by Gasteiger charge is -2.46. The van der Waals surface area contributed by atoms with Crippen molar-refractivity contribution in [3.05, 3.63) is 120 Å². The molecule has 2 saturated heterocycles. The molecule has 5 unspecified atom stereocenters. The first-order valence-electron chi connectivity index (χ1n) is 13.9. The Bertz CT molecular complexity index is 1730. The smallest absolute Gasteiger partial charge is 0.338 e. The average Bonchev–Trinajstić information content (AvgIpc) is 3.51. The van der Waals surface area contributed by atoms with Crippen LogP contribution >= 0.6 is 0 Å². The molecule has 1 N–H and O–H groups in total. The molecule has 43 heavy (non-hydrogen) atoms. The molecule has 1 amide bonds. The number of hydrogen-bond donors (Lipinski definition) is 1. The van der Waals surface area contributed by atoms with Gasteiger partial charge < -0.3 is 28.8 Å². The third kappa shape index (κ3) is 5.37. The van der Waals surface area contributed by atoms with Crippen LogP contribution in [0.1, 0.15) is 38.6 Å². The fourth-order valence-corrected chi connectivity index (χ4v) is 5.40. The van der Waals surface area contributed by atoms with Crippen LogP contribution in [0, 0.1) is 0 Å². The Balaban J connectivity index is 1.23. The molecule has 5 aromatic rings. The molecule has 0 aliphatic carbocycles. The van der Waals surface area contributed by atoms with Gasteiger partial charge >= 0.3 is 5.97 Å². The largest absolute Gasteiger partial charge is 0.454 e. The number of imidazole rings is 1. The minimum absolute atomic E-state index is 0.178. The van der Waals surface area contributed by atoms with Crippen molar-refractivity contribution >= 4 is 28.9 Å². The van der Waals surface area contributed by atoms with Gasteiger partial charge in [-0.25, -0.2) is 19.7 Å². The molecule has 7 rings (SSSR count). The van der Waals surface area contributed by atoms with Crippen LogP contribution in [0.3, 0.4) is 0 Å². The number of ether oxygens (including phenoxy) is 4. The lowest BCUT2D eigenvalue weighted by molar-refractivity contribution is -0.305. The third-order valence-electron chi connectivity index (χ3n) is 7.55. The van der Waals surface area contributed by atoms with Crippen LogP contribution in [0.15, 0.2) is 104 Å². The molecular weight excluding hydrogens is 550 g/mol. The van der Waals surface area contributed by atoms with Gasteiger partial charge in [0.05, 0.1) is 31.1 Å². The highest BCUT2D eigenvalue weighted by atomic mass is 16.7. The number of anilines is 1. The Morgan fingerprint density at radius 2 is 1.51 bits per heavy atom.